The van der Waals surface area contributed by atoms with Crippen LogP contribution in [0, 0.1) is 36.3 Å². The van der Waals surface area contributed by atoms with E-state index in [-0.39, 0.29) is 69.4 Å². The van der Waals surface area contributed by atoms with Gasteiger partial charge in [0.05, 0.1) is 33.1 Å². The molecule has 0 spiro atoms. The monoisotopic (exact) mass is 1140 g/mol. The molecular weight excluding hydrogens is 1060 g/mol. The first-order chi connectivity index (χ1) is 39.5. The van der Waals surface area contributed by atoms with Crippen molar-refractivity contribution in [1.82, 2.24) is 45.7 Å². The molecule has 0 aliphatic carbocycles. The molecule has 3 aromatic heterocycles. The zero-order valence-electron chi connectivity index (χ0n) is 48.0. The Labute approximate surface area is 484 Å². The molecule has 10 rings (SSSR count). The lowest BCUT2D eigenvalue weighted by Crippen LogP contribution is -2.57. The van der Waals surface area contributed by atoms with Crippen LogP contribution in [0.5, 0.6) is 11.8 Å². The number of pyridine rings is 1. The highest BCUT2D eigenvalue weighted by molar-refractivity contribution is 7.13. The molecule has 3 amide bonds. The van der Waals surface area contributed by atoms with E-state index in [1.807, 2.05) is 52.3 Å². The van der Waals surface area contributed by atoms with Crippen molar-refractivity contribution in [3.63, 3.8) is 0 Å². The molecule has 4 aliphatic rings. The predicted molar refractivity (Wildman–Crippen MR) is 319 cm³/mol. The Kier molecular flexibility index (Phi) is 18.3. The van der Waals surface area contributed by atoms with Gasteiger partial charge in [0, 0.05) is 68.4 Å². The number of unbranched alkanes of at least 4 members (excludes halogenated alkanes) is 8. The molecule has 4 unspecified atom stereocenters. The minimum Gasteiger partial charge on any atom is -0.508 e. The van der Waals surface area contributed by atoms with Gasteiger partial charge in [0.15, 0.2) is 5.82 Å². The Morgan fingerprint density at radius 2 is 1.61 bits per heavy atom. The first-order valence-corrected chi connectivity index (χ1v) is 30.5. The molecule has 4 N–H and O–H groups in total. The van der Waals surface area contributed by atoms with E-state index in [9.17, 15) is 19.5 Å². The maximum Gasteiger partial charge on any atom is 0.319 e. The molecule has 4 fully saturated rings. The molecule has 4 aliphatic heterocycles. The number of thiazole rings is 1. The van der Waals surface area contributed by atoms with Gasteiger partial charge in [-0.05, 0) is 105 Å². The number of amides is 3. The number of phenolic OH excluding ortho intramolecular Hbond substituents is 1. The molecule has 7 heterocycles. The van der Waals surface area contributed by atoms with Gasteiger partial charge in [-0.25, -0.2) is 13.8 Å². The number of rotatable bonds is 22. The molecule has 18 heteroatoms. The normalized spacial score (nSPS) is 19.9. The number of carbonyl (C=O) groups excluding carboxylic acids is 3. The number of aromatic nitrogens is 4. The predicted octanol–water partition coefficient (Wildman–Crippen LogP) is 10.9. The lowest BCUT2D eigenvalue weighted by Gasteiger charge is -2.35. The number of aryl methyl sites for hydroxylation is 1. The van der Waals surface area contributed by atoms with Gasteiger partial charge in [-0.15, -0.1) is 17.8 Å². The first-order valence-electron chi connectivity index (χ1n) is 29.6. The molecule has 0 saturated carbocycles. The van der Waals surface area contributed by atoms with Gasteiger partial charge in [-0.3, -0.25) is 24.3 Å². The van der Waals surface area contributed by atoms with Crippen LogP contribution >= 0.6 is 11.3 Å². The highest BCUT2D eigenvalue weighted by atomic mass is 32.1. The summed E-state index contributed by atoms with van der Waals surface area (Å²) in [6.07, 6.45) is 21.2. The quantitative estimate of drug-likeness (QED) is 0.0374. The van der Waals surface area contributed by atoms with E-state index in [4.69, 9.17) is 21.1 Å². The van der Waals surface area contributed by atoms with Gasteiger partial charge < -0.3 is 35.6 Å². The number of benzene rings is 3. The Balaban J connectivity index is 0.645. The number of likely N-dealkylation sites (tertiary alicyclic amines) is 2. The summed E-state index contributed by atoms with van der Waals surface area (Å²) in [4.78, 5) is 67.1. The second-order valence-corrected chi connectivity index (χ2v) is 25.0. The standard InChI is InChI=1S/C64H78F2N10O5S/c1-7-48-51(65)27-24-43-32-46(77)33-49(54(43)48)56-55(66)57-50(34-67-56)60(75-35-44-25-26-45(36-75)70-44)73-63(72-57)81-47-28-31-74(37-47)29-16-14-12-10-8-9-11-13-15-19-53(78)71-59(64(4,5)6)62(80)76-30-17-18-52(76)61(79)69-39(2)41-20-22-42(23-21-41)58-40(3)68-38-82-58/h1,20-24,27,32-34,38-39,44-45,47,52,59,70,77H,8-19,25-26,28-31,35-37H2,2-6H3,(H,69,79)(H,71,78)/t39-,44?,45?,47?,52-,59?/m0/s1. The second kappa shape index (κ2) is 25.8. The number of anilines is 1. The highest BCUT2D eigenvalue weighted by Crippen LogP contribution is 2.40. The number of fused-ring (bicyclic) bond motifs is 4. The van der Waals surface area contributed by atoms with Crippen LogP contribution in [0.2, 0.25) is 0 Å². The average Bonchev–Trinajstić information content (AvgIpc) is 4.41. The Morgan fingerprint density at radius 3 is 2.30 bits per heavy atom. The van der Waals surface area contributed by atoms with Gasteiger partial charge in [-0.2, -0.15) is 9.97 Å². The number of hydrogen-bond donors (Lipinski definition) is 4. The van der Waals surface area contributed by atoms with Gasteiger partial charge in [-0.1, -0.05) is 102 Å². The van der Waals surface area contributed by atoms with Crippen molar-refractivity contribution in [2.75, 3.05) is 44.2 Å². The van der Waals surface area contributed by atoms with Gasteiger partial charge in [0.2, 0.25) is 17.7 Å². The summed E-state index contributed by atoms with van der Waals surface area (Å²) < 4.78 is 38.6. The molecule has 4 saturated heterocycles. The van der Waals surface area contributed by atoms with Crippen LogP contribution in [0.1, 0.15) is 147 Å². The molecule has 6 atom stereocenters. The molecule has 3 aromatic carbocycles. The van der Waals surface area contributed by atoms with E-state index >= 15 is 8.78 Å². The number of terminal acetylenes is 1. The fourth-order valence-electron chi connectivity index (χ4n) is 12.6. The van der Waals surface area contributed by atoms with E-state index in [1.165, 1.54) is 24.3 Å². The summed E-state index contributed by atoms with van der Waals surface area (Å²) in [5.41, 5.74) is 4.41. The summed E-state index contributed by atoms with van der Waals surface area (Å²) in [7, 11) is 0. The number of carbonyl (C=O) groups is 3. The number of ether oxygens (including phenoxy) is 1. The SMILES string of the molecule is C#Cc1c(F)ccc2cc(O)cc(-c3ncc4c(N5CC6CCC(C5)N6)nc(OC5CCN(CCCCCCCCCCCC(=O)NC(C(=O)N6CCC[C@H]6C(=O)N[C@@H](C)c6ccc(-c7scnc7C)cc6)C(C)(C)C)C5)nc4c3F)c12. The molecule has 2 bridgehead atoms. The Hall–Kier alpha value is -6.81. The number of phenols is 1. The van der Waals surface area contributed by atoms with E-state index < -0.39 is 29.1 Å². The highest BCUT2D eigenvalue weighted by Gasteiger charge is 2.42. The van der Waals surface area contributed by atoms with Crippen molar-refractivity contribution in [1.29, 1.82) is 0 Å². The maximum atomic E-state index is 17.1. The minimum absolute atomic E-state index is 0.0340. The maximum absolute atomic E-state index is 17.1. The lowest BCUT2D eigenvalue weighted by atomic mass is 9.85. The summed E-state index contributed by atoms with van der Waals surface area (Å²) in [6.45, 7) is 14.3. The molecule has 6 aromatic rings. The molecule has 15 nitrogen and oxygen atoms in total. The van der Waals surface area contributed by atoms with Crippen molar-refractivity contribution in [2.45, 2.75) is 167 Å². The van der Waals surface area contributed by atoms with Crippen molar-refractivity contribution in [2.24, 2.45) is 5.41 Å². The molecule has 0 radical (unpaired) electrons. The van der Waals surface area contributed by atoms with Crippen LogP contribution in [-0.2, 0) is 14.4 Å². The van der Waals surface area contributed by atoms with Crippen molar-refractivity contribution < 1.29 is 33.0 Å². The third kappa shape index (κ3) is 13.3. The topological polar surface area (TPSA) is 178 Å². The number of nitrogens with zero attached hydrogens (tertiary/aromatic N) is 7. The van der Waals surface area contributed by atoms with Crippen LogP contribution in [0.25, 0.3) is 43.4 Å². The van der Waals surface area contributed by atoms with Crippen LogP contribution < -0.4 is 25.6 Å². The van der Waals surface area contributed by atoms with Gasteiger partial charge >= 0.3 is 6.01 Å². The van der Waals surface area contributed by atoms with Gasteiger partial charge in [0.1, 0.15) is 46.8 Å². The minimum atomic E-state index is -0.744. The van der Waals surface area contributed by atoms with Crippen LogP contribution in [0.4, 0.5) is 14.6 Å². The van der Waals surface area contributed by atoms with Crippen LogP contribution in [0.3, 0.4) is 0 Å². The zero-order valence-corrected chi connectivity index (χ0v) is 48.9. The third-order valence-electron chi connectivity index (χ3n) is 17.0. The zero-order chi connectivity index (χ0) is 57.7. The summed E-state index contributed by atoms with van der Waals surface area (Å²) in [5.74, 6) is 0.960. The molecular formula is C64H78F2N10O5S. The number of hydrogen-bond acceptors (Lipinski definition) is 13. The lowest BCUT2D eigenvalue weighted by molar-refractivity contribution is -0.144. The fraction of sp³-hybridized carbons (Fsp3) is 0.516. The second-order valence-electron chi connectivity index (χ2n) is 24.2. The van der Waals surface area contributed by atoms with Crippen molar-refractivity contribution in [3.8, 4) is 45.8 Å². The molecule has 434 valence electrons. The van der Waals surface area contributed by atoms with Crippen molar-refractivity contribution in [3.05, 3.63) is 88.7 Å². The number of halogens is 2. The fourth-order valence-corrected chi connectivity index (χ4v) is 13.4. The first kappa shape index (κ1) is 58.4. The summed E-state index contributed by atoms with van der Waals surface area (Å²) in [6, 6.07) is 12.8. The van der Waals surface area contributed by atoms with E-state index in [0.717, 1.165) is 118 Å². The van der Waals surface area contributed by atoms with E-state index in [0.29, 0.717) is 67.7 Å². The molecule has 82 heavy (non-hydrogen) atoms. The third-order valence-corrected chi connectivity index (χ3v) is 18.0. The number of piperazine rings is 1. The van der Waals surface area contributed by atoms with E-state index in [1.54, 1.807) is 22.4 Å². The van der Waals surface area contributed by atoms with Crippen molar-refractivity contribution >= 4 is 56.6 Å². The Bertz CT molecular complexity index is 3310. The van der Waals surface area contributed by atoms with E-state index in [2.05, 4.69) is 53.8 Å². The van der Waals surface area contributed by atoms with Crippen LogP contribution in [-0.4, -0.2) is 122 Å². The Morgan fingerprint density at radius 1 is 0.890 bits per heavy atom. The van der Waals surface area contributed by atoms with Crippen LogP contribution in [0.15, 0.2) is 60.2 Å². The smallest absolute Gasteiger partial charge is 0.319 e. The van der Waals surface area contributed by atoms with Gasteiger partial charge in [0.25, 0.3) is 0 Å². The summed E-state index contributed by atoms with van der Waals surface area (Å²) in [5, 5.41) is 21.7. The average molecular weight is 1140 g/mol. The number of aromatic hydroxyl groups is 1. The number of nitrogens with one attached hydrogen (secondary N) is 3. The largest absolute Gasteiger partial charge is 0.508 e. The summed E-state index contributed by atoms with van der Waals surface area (Å²) >= 11 is 1.61.